The molecular formula is C16H15IN2O3. The minimum atomic E-state index is -0.430. The first-order chi connectivity index (χ1) is 10.5. The van der Waals surface area contributed by atoms with Gasteiger partial charge in [0, 0.05) is 9.13 Å². The van der Waals surface area contributed by atoms with Crippen LogP contribution in [0.1, 0.15) is 15.9 Å². The number of halogens is 1. The highest BCUT2D eigenvalue weighted by molar-refractivity contribution is 14.1. The Morgan fingerprint density at radius 3 is 2.50 bits per heavy atom. The lowest BCUT2D eigenvalue weighted by Gasteiger charge is -2.09. The van der Waals surface area contributed by atoms with E-state index in [0.29, 0.717) is 11.3 Å². The lowest BCUT2D eigenvalue weighted by atomic mass is 10.2. The molecule has 0 aliphatic rings. The van der Waals surface area contributed by atoms with Crippen LogP contribution >= 0.6 is 22.6 Å². The number of amides is 2. The second kappa shape index (κ2) is 7.79. The summed E-state index contributed by atoms with van der Waals surface area (Å²) in [5, 5.41) is 0. The van der Waals surface area contributed by atoms with Crippen molar-refractivity contribution in [3.63, 3.8) is 0 Å². The molecule has 5 nitrogen and oxygen atoms in total. The van der Waals surface area contributed by atoms with Crippen molar-refractivity contribution in [2.75, 3.05) is 6.61 Å². The minimum absolute atomic E-state index is 0.170. The van der Waals surface area contributed by atoms with Crippen LogP contribution in [-0.4, -0.2) is 18.4 Å². The van der Waals surface area contributed by atoms with Crippen LogP contribution in [0.15, 0.2) is 48.5 Å². The Morgan fingerprint density at radius 2 is 1.82 bits per heavy atom. The molecule has 0 saturated heterocycles. The van der Waals surface area contributed by atoms with E-state index in [1.54, 1.807) is 18.2 Å². The molecule has 2 N–H and O–H groups in total. The van der Waals surface area contributed by atoms with Crippen LogP contribution < -0.4 is 15.6 Å². The molecule has 22 heavy (non-hydrogen) atoms. The number of aryl methyl sites for hydroxylation is 1. The molecule has 0 spiro atoms. The van der Waals surface area contributed by atoms with Crippen LogP contribution in [0.5, 0.6) is 5.75 Å². The molecule has 2 amide bonds. The summed E-state index contributed by atoms with van der Waals surface area (Å²) in [5.41, 5.74) is 6.18. The molecule has 114 valence electrons. The van der Waals surface area contributed by atoms with Crippen molar-refractivity contribution < 1.29 is 14.3 Å². The van der Waals surface area contributed by atoms with E-state index in [0.717, 1.165) is 9.13 Å². The van der Waals surface area contributed by atoms with Gasteiger partial charge < -0.3 is 4.74 Å². The number of rotatable bonds is 4. The van der Waals surface area contributed by atoms with Crippen LogP contribution in [0.3, 0.4) is 0 Å². The van der Waals surface area contributed by atoms with Crippen LogP contribution in [-0.2, 0) is 4.79 Å². The van der Waals surface area contributed by atoms with E-state index in [1.165, 1.54) is 0 Å². The highest BCUT2D eigenvalue weighted by Crippen LogP contribution is 2.11. The summed E-state index contributed by atoms with van der Waals surface area (Å²) in [4.78, 5) is 23.4. The van der Waals surface area contributed by atoms with Gasteiger partial charge in [-0.15, -0.1) is 0 Å². The van der Waals surface area contributed by atoms with E-state index in [9.17, 15) is 9.59 Å². The van der Waals surface area contributed by atoms with Gasteiger partial charge in [0.05, 0.1) is 0 Å². The zero-order valence-corrected chi connectivity index (χ0v) is 14.1. The number of hydrazine groups is 1. The molecule has 0 fully saturated rings. The number of benzene rings is 2. The fourth-order valence-electron chi connectivity index (χ4n) is 1.69. The van der Waals surface area contributed by atoms with Gasteiger partial charge in [-0.2, -0.15) is 0 Å². The van der Waals surface area contributed by atoms with Gasteiger partial charge >= 0.3 is 0 Å². The topological polar surface area (TPSA) is 67.4 Å². The van der Waals surface area contributed by atoms with Gasteiger partial charge in [0.15, 0.2) is 6.61 Å². The standard InChI is InChI=1S/C16H15IN2O3/c1-11-3-2-4-14(9-11)22-10-15(20)18-19-16(21)12-5-7-13(17)8-6-12/h2-9H,10H2,1H3,(H,18,20)(H,19,21). The molecule has 0 aliphatic heterocycles. The molecule has 0 aliphatic carbocycles. The predicted octanol–water partition coefficient (Wildman–Crippen LogP) is 2.44. The number of nitrogens with one attached hydrogen (secondary N) is 2. The van der Waals surface area contributed by atoms with Crippen LogP contribution in [0.2, 0.25) is 0 Å². The Labute approximate surface area is 142 Å². The molecule has 2 rings (SSSR count). The number of hydrogen-bond acceptors (Lipinski definition) is 3. The summed E-state index contributed by atoms with van der Waals surface area (Å²) >= 11 is 2.15. The first kappa shape index (κ1) is 16.3. The summed E-state index contributed by atoms with van der Waals surface area (Å²) in [6.07, 6.45) is 0. The summed E-state index contributed by atoms with van der Waals surface area (Å²) in [6, 6.07) is 14.4. The van der Waals surface area contributed by atoms with Crippen molar-refractivity contribution in [3.8, 4) is 5.75 Å². The third kappa shape index (κ3) is 5.03. The molecule has 0 saturated carbocycles. The van der Waals surface area contributed by atoms with Crippen molar-refractivity contribution in [1.82, 2.24) is 10.9 Å². The van der Waals surface area contributed by atoms with Gasteiger partial charge in [0.2, 0.25) is 0 Å². The monoisotopic (exact) mass is 410 g/mol. The third-order valence-corrected chi connectivity index (χ3v) is 3.50. The molecule has 0 radical (unpaired) electrons. The van der Waals surface area contributed by atoms with Gasteiger partial charge in [-0.3, -0.25) is 20.4 Å². The van der Waals surface area contributed by atoms with E-state index >= 15 is 0 Å². The lowest BCUT2D eigenvalue weighted by Crippen LogP contribution is -2.43. The maximum atomic E-state index is 11.8. The minimum Gasteiger partial charge on any atom is -0.484 e. The molecular weight excluding hydrogens is 395 g/mol. The molecule has 0 unspecified atom stereocenters. The van der Waals surface area contributed by atoms with E-state index < -0.39 is 5.91 Å². The summed E-state index contributed by atoms with van der Waals surface area (Å²) < 4.78 is 6.37. The van der Waals surface area contributed by atoms with Crippen molar-refractivity contribution >= 4 is 34.4 Å². The summed E-state index contributed by atoms with van der Waals surface area (Å²) in [5.74, 6) is -0.195. The molecule has 0 bridgehead atoms. The second-order valence-electron chi connectivity index (χ2n) is 4.61. The molecule has 6 heteroatoms. The second-order valence-corrected chi connectivity index (χ2v) is 5.86. The first-order valence-corrected chi connectivity index (χ1v) is 7.67. The van der Waals surface area contributed by atoms with Gasteiger partial charge in [0.1, 0.15) is 5.75 Å². The number of hydrogen-bond donors (Lipinski definition) is 2. The smallest absolute Gasteiger partial charge is 0.276 e. The molecule has 2 aromatic rings. The van der Waals surface area contributed by atoms with Crippen molar-refractivity contribution in [1.29, 1.82) is 0 Å². The Hall–Kier alpha value is -2.09. The van der Waals surface area contributed by atoms with E-state index in [2.05, 4.69) is 33.4 Å². The highest BCUT2D eigenvalue weighted by Gasteiger charge is 2.07. The number of carbonyl (C=O) groups excluding carboxylic acids is 2. The number of carbonyl (C=O) groups is 2. The Kier molecular flexibility index (Phi) is 5.76. The lowest BCUT2D eigenvalue weighted by molar-refractivity contribution is -0.123. The molecule has 0 heterocycles. The predicted molar refractivity (Wildman–Crippen MR) is 91.4 cm³/mol. The summed E-state index contributed by atoms with van der Waals surface area (Å²) in [7, 11) is 0. The Bertz CT molecular complexity index is 671. The SMILES string of the molecule is Cc1cccc(OCC(=O)NNC(=O)c2ccc(I)cc2)c1. The van der Waals surface area contributed by atoms with Gasteiger partial charge in [-0.1, -0.05) is 12.1 Å². The van der Waals surface area contributed by atoms with Crippen LogP contribution in [0, 0.1) is 10.5 Å². The van der Waals surface area contributed by atoms with E-state index in [-0.39, 0.29) is 12.5 Å². The van der Waals surface area contributed by atoms with Crippen molar-refractivity contribution in [3.05, 3.63) is 63.2 Å². The normalized spacial score (nSPS) is 9.91. The van der Waals surface area contributed by atoms with Crippen molar-refractivity contribution in [2.24, 2.45) is 0 Å². The van der Waals surface area contributed by atoms with Gasteiger partial charge in [-0.05, 0) is 71.5 Å². The van der Waals surface area contributed by atoms with Crippen molar-refractivity contribution in [2.45, 2.75) is 6.92 Å². The first-order valence-electron chi connectivity index (χ1n) is 6.59. The molecule has 0 atom stereocenters. The average molecular weight is 410 g/mol. The van der Waals surface area contributed by atoms with Gasteiger partial charge in [0.25, 0.3) is 11.8 Å². The highest BCUT2D eigenvalue weighted by atomic mass is 127. The van der Waals surface area contributed by atoms with Crippen LogP contribution in [0.4, 0.5) is 0 Å². The fourth-order valence-corrected chi connectivity index (χ4v) is 2.05. The van der Waals surface area contributed by atoms with E-state index in [4.69, 9.17) is 4.74 Å². The largest absolute Gasteiger partial charge is 0.484 e. The van der Waals surface area contributed by atoms with Gasteiger partial charge in [-0.25, -0.2) is 0 Å². The Morgan fingerprint density at radius 1 is 1.09 bits per heavy atom. The maximum absolute atomic E-state index is 11.8. The zero-order valence-electron chi connectivity index (χ0n) is 11.9. The molecule has 2 aromatic carbocycles. The molecule has 0 aromatic heterocycles. The Balaban J connectivity index is 1.78. The fraction of sp³-hybridized carbons (Fsp3) is 0.125. The average Bonchev–Trinajstić information content (AvgIpc) is 2.51. The summed E-state index contributed by atoms with van der Waals surface area (Å²) in [6.45, 7) is 1.77. The quantitative estimate of drug-likeness (QED) is 0.601. The maximum Gasteiger partial charge on any atom is 0.276 e. The number of ether oxygens (including phenoxy) is 1. The van der Waals surface area contributed by atoms with E-state index in [1.807, 2.05) is 37.3 Å². The van der Waals surface area contributed by atoms with Crippen LogP contribution in [0.25, 0.3) is 0 Å². The zero-order chi connectivity index (χ0) is 15.9. The third-order valence-electron chi connectivity index (χ3n) is 2.78.